The van der Waals surface area contributed by atoms with Crippen molar-refractivity contribution < 1.29 is 4.84 Å². The van der Waals surface area contributed by atoms with Gasteiger partial charge in [0.15, 0.2) is 0 Å². The molecule has 0 fully saturated rings. The lowest BCUT2D eigenvalue weighted by atomic mass is 10.0. The summed E-state index contributed by atoms with van der Waals surface area (Å²) in [6.45, 7) is 5.03. The van der Waals surface area contributed by atoms with Crippen LogP contribution in [0.25, 0.3) is 0 Å². The minimum absolute atomic E-state index is 0.606. The lowest BCUT2D eigenvalue weighted by Gasteiger charge is -2.02. The molecule has 0 saturated heterocycles. The van der Waals surface area contributed by atoms with Gasteiger partial charge in [0.2, 0.25) is 0 Å². The molecule has 0 aromatic carbocycles. The number of oxime groups is 1. The first-order valence-electron chi connectivity index (χ1n) is 3.51. The average Bonchev–Trinajstić information content (AvgIpc) is 2.18. The zero-order valence-electron chi connectivity index (χ0n) is 6.05. The van der Waals surface area contributed by atoms with E-state index in [2.05, 4.69) is 12.1 Å². The van der Waals surface area contributed by atoms with Crippen LogP contribution in [-0.2, 0) is 4.84 Å². The van der Waals surface area contributed by atoms with E-state index in [0.717, 1.165) is 12.3 Å². The van der Waals surface area contributed by atoms with Gasteiger partial charge in [-0.15, -0.1) is 0 Å². The molecule has 1 unspecified atom stereocenters. The summed E-state index contributed by atoms with van der Waals surface area (Å²) in [6, 6.07) is 0. The molecule has 0 saturated carbocycles. The molecule has 0 bridgehead atoms. The highest BCUT2D eigenvalue weighted by molar-refractivity contribution is 5.84. The summed E-state index contributed by atoms with van der Waals surface area (Å²) in [4.78, 5) is 4.91. The Bertz CT molecular complexity index is 120. The maximum atomic E-state index is 4.91. The van der Waals surface area contributed by atoms with E-state index in [-0.39, 0.29) is 0 Å². The third-order valence-electron chi connectivity index (χ3n) is 1.71. The van der Waals surface area contributed by atoms with Crippen LogP contribution in [0.5, 0.6) is 0 Å². The van der Waals surface area contributed by atoms with E-state index in [4.69, 9.17) is 4.84 Å². The van der Waals surface area contributed by atoms with Crippen LogP contribution in [0.4, 0.5) is 0 Å². The van der Waals surface area contributed by atoms with Gasteiger partial charge in [0.05, 0.1) is 5.71 Å². The molecule has 1 rings (SSSR count). The van der Waals surface area contributed by atoms with Crippen molar-refractivity contribution in [2.24, 2.45) is 11.1 Å². The molecule has 1 atom stereocenters. The van der Waals surface area contributed by atoms with Gasteiger partial charge in [0.25, 0.3) is 0 Å². The van der Waals surface area contributed by atoms with Gasteiger partial charge >= 0.3 is 0 Å². The van der Waals surface area contributed by atoms with Crippen molar-refractivity contribution in [3.63, 3.8) is 0 Å². The monoisotopic (exact) mass is 127 g/mol. The van der Waals surface area contributed by atoms with Gasteiger partial charge in [0, 0.05) is 5.92 Å². The lowest BCUT2D eigenvalue weighted by molar-refractivity contribution is 0.152. The van der Waals surface area contributed by atoms with E-state index in [0.29, 0.717) is 5.92 Å². The molecule has 0 amide bonds. The van der Waals surface area contributed by atoms with Crippen LogP contribution in [0.1, 0.15) is 26.7 Å². The third-order valence-corrected chi connectivity index (χ3v) is 1.71. The second kappa shape index (κ2) is 2.85. The van der Waals surface area contributed by atoms with Gasteiger partial charge in [-0.3, -0.25) is 0 Å². The Morgan fingerprint density at radius 3 is 3.00 bits per heavy atom. The van der Waals surface area contributed by atoms with Gasteiger partial charge < -0.3 is 4.84 Å². The number of rotatable bonds is 2. The van der Waals surface area contributed by atoms with Crippen molar-refractivity contribution in [2.45, 2.75) is 26.7 Å². The van der Waals surface area contributed by atoms with Crippen LogP contribution >= 0.6 is 0 Å². The Labute approximate surface area is 55.9 Å². The molecule has 9 heavy (non-hydrogen) atoms. The molecule has 0 aromatic heterocycles. The highest BCUT2D eigenvalue weighted by Crippen LogP contribution is 2.14. The van der Waals surface area contributed by atoms with Crippen molar-refractivity contribution in [3.05, 3.63) is 0 Å². The molecule has 1 aliphatic rings. The average molecular weight is 127 g/mol. The van der Waals surface area contributed by atoms with Gasteiger partial charge in [-0.1, -0.05) is 18.5 Å². The quantitative estimate of drug-likeness (QED) is 0.554. The van der Waals surface area contributed by atoms with E-state index in [1.54, 1.807) is 0 Å². The zero-order chi connectivity index (χ0) is 6.69. The lowest BCUT2D eigenvalue weighted by Crippen LogP contribution is -2.08. The highest BCUT2D eigenvalue weighted by atomic mass is 16.6. The second-order valence-corrected chi connectivity index (χ2v) is 2.51. The predicted molar refractivity (Wildman–Crippen MR) is 37.5 cm³/mol. The van der Waals surface area contributed by atoms with Gasteiger partial charge in [-0.05, 0) is 13.3 Å². The van der Waals surface area contributed by atoms with Crippen LogP contribution in [0, 0.1) is 5.92 Å². The maximum absolute atomic E-state index is 4.91. The summed E-state index contributed by atoms with van der Waals surface area (Å²) >= 11 is 0. The zero-order valence-corrected chi connectivity index (χ0v) is 6.05. The summed E-state index contributed by atoms with van der Waals surface area (Å²) < 4.78 is 0. The molecule has 0 spiro atoms. The van der Waals surface area contributed by atoms with Gasteiger partial charge in [-0.25, -0.2) is 0 Å². The van der Waals surface area contributed by atoms with Crippen LogP contribution in [0.15, 0.2) is 5.16 Å². The van der Waals surface area contributed by atoms with E-state index in [9.17, 15) is 0 Å². The number of nitrogens with zero attached hydrogens (tertiary/aromatic N) is 1. The first kappa shape index (κ1) is 6.59. The van der Waals surface area contributed by atoms with Crippen molar-refractivity contribution in [2.75, 3.05) is 6.61 Å². The Hall–Kier alpha value is -0.530. The van der Waals surface area contributed by atoms with Gasteiger partial charge in [-0.2, -0.15) is 0 Å². The summed E-state index contributed by atoms with van der Waals surface area (Å²) in [5.74, 6) is 0.606. The fourth-order valence-corrected chi connectivity index (χ4v) is 1.06. The molecule has 2 heteroatoms. The molecule has 0 N–H and O–H groups in total. The smallest absolute Gasteiger partial charge is 0.125 e. The van der Waals surface area contributed by atoms with Crippen molar-refractivity contribution in [1.29, 1.82) is 0 Å². The number of hydrogen-bond acceptors (Lipinski definition) is 2. The summed E-state index contributed by atoms with van der Waals surface area (Å²) in [5, 5.41) is 3.85. The third kappa shape index (κ3) is 1.44. The Morgan fingerprint density at radius 1 is 1.78 bits per heavy atom. The Balaban J connectivity index is 2.34. The SMILES string of the molecule is CCCC1CON=C1C. The van der Waals surface area contributed by atoms with E-state index < -0.39 is 0 Å². The molecule has 0 aliphatic carbocycles. The van der Waals surface area contributed by atoms with Crippen molar-refractivity contribution in [1.82, 2.24) is 0 Å². The topological polar surface area (TPSA) is 21.6 Å². The van der Waals surface area contributed by atoms with Crippen molar-refractivity contribution >= 4 is 5.71 Å². The van der Waals surface area contributed by atoms with Crippen molar-refractivity contribution in [3.8, 4) is 0 Å². The van der Waals surface area contributed by atoms with Crippen LogP contribution in [0.2, 0.25) is 0 Å². The first-order chi connectivity index (χ1) is 4.34. The normalized spacial score (nSPS) is 25.6. The van der Waals surface area contributed by atoms with Gasteiger partial charge in [0.1, 0.15) is 6.61 Å². The maximum Gasteiger partial charge on any atom is 0.125 e. The number of hydrogen-bond donors (Lipinski definition) is 0. The summed E-state index contributed by atoms with van der Waals surface area (Å²) in [5.41, 5.74) is 1.16. The molecule has 52 valence electrons. The minimum Gasteiger partial charge on any atom is -0.395 e. The van der Waals surface area contributed by atoms with Crippen LogP contribution in [-0.4, -0.2) is 12.3 Å². The molecular formula is C7H13NO. The first-order valence-corrected chi connectivity index (χ1v) is 3.51. The molecule has 0 radical (unpaired) electrons. The van der Waals surface area contributed by atoms with E-state index in [1.165, 1.54) is 12.8 Å². The van der Waals surface area contributed by atoms with Crippen LogP contribution in [0.3, 0.4) is 0 Å². The largest absolute Gasteiger partial charge is 0.395 e. The highest BCUT2D eigenvalue weighted by Gasteiger charge is 2.17. The molecular weight excluding hydrogens is 114 g/mol. The fourth-order valence-electron chi connectivity index (χ4n) is 1.06. The second-order valence-electron chi connectivity index (χ2n) is 2.51. The summed E-state index contributed by atoms with van der Waals surface area (Å²) in [6.07, 6.45) is 2.44. The van der Waals surface area contributed by atoms with E-state index in [1.807, 2.05) is 6.92 Å². The minimum atomic E-state index is 0.606. The Morgan fingerprint density at radius 2 is 2.56 bits per heavy atom. The molecule has 2 nitrogen and oxygen atoms in total. The predicted octanol–water partition coefficient (Wildman–Crippen LogP) is 1.81. The summed E-state index contributed by atoms with van der Waals surface area (Å²) in [7, 11) is 0. The van der Waals surface area contributed by atoms with E-state index >= 15 is 0 Å². The standard InChI is InChI=1S/C7H13NO/c1-3-4-7-5-9-8-6(7)2/h7H,3-5H2,1-2H3. The molecule has 0 aromatic rings. The molecule has 1 heterocycles. The van der Waals surface area contributed by atoms with Crippen LogP contribution < -0.4 is 0 Å². The fraction of sp³-hybridized carbons (Fsp3) is 0.857. The molecule has 1 aliphatic heterocycles. The Kier molecular flexibility index (Phi) is 2.09.